The van der Waals surface area contributed by atoms with E-state index in [2.05, 4.69) is 15.3 Å². The molecule has 3 aromatic rings. The van der Waals surface area contributed by atoms with Gasteiger partial charge in [0.25, 0.3) is 0 Å². The van der Waals surface area contributed by atoms with Gasteiger partial charge in [-0.1, -0.05) is 6.07 Å². The van der Waals surface area contributed by atoms with Crippen molar-refractivity contribution in [1.82, 2.24) is 9.97 Å². The molecule has 0 amide bonds. The molecule has 1 N–H and O–H groups in total. The molecule has 4 heteroatoms. The molecule has 0 saturated heterocycles. The molecule has 2 aromatic heterocycles. The van der Waals surface area contributed by atoms with Crippen LogP contribution in [0.15, 0.2) is 48.7 Å². The largest absolute Gasteiger partial charge is 0.494 e. The summed E-state index contributed by atoms with van der Waals surface area (Å²) in [4.78, 5) is 8.87. The number of benzene rings is 1. The summed E-state index contributed by atoms with van der Waals surface area (Å²) in [5, 5.41) is 4.38. The Morgan fingerprint density at radius 1 is 1.14 bits per heavy atom. The first-order chi connectivity index (χ1) is 10.3. The van der Waals surface area contributed by atoms with Crippen molar-refractivity contribution in [2.24, 2.45) is 0 Å². The standard InChI is InChI=1S/C17H17N3O/c1-3-21-13-7-8-15-14(11-13)16(10-12(2)19-15)20-17-6-4-5-9-18-17/h4-11H,3H2,1-2H3,(H,18,19,20). The third-order valence-corrected chi connectivity index (χ3v) is 3.15. The van der Waals surface area contributed by atoms with Gasteiger partial charge in [-0.2, -0.15) is 0 Å². The van der Waals surface area contributed by atoms with Crippen LogP contribution in [0.5, 0.6) is 5.75 Å². The van der Waals surface area contributed by atoms with Crippen LogP contribution in [0.25, 0.3) is 10.9 Å². The van der Waals surface area contributed by atoms with Gasteiger partial charge in [-0.15, -0.1) is 0 Å². The summed E-state index contributed by atoms with van der Waals surface area (Å²) in [5.74, 6) is 1.66. The first-order valence-electron chi connectivity index (χ1n) is 6.98. The average Bonchev–Trinajstić information content (AvgIpc) is 2.49. The van der Waals surface area contributed by atoms with E-state index >= 15 is 0 Å². The highest BCUT2D eigenvalue weighted by Crippen LogP contribution is 2.29. The Morgan fingerprint density at radius 2 is 2.05 bits per heavy atom. The lowest BCUT2D eigenvalue weighted by atomic mass is 10.1. The van der Waals surface area contributed by atoms with Gasteiger partial charge in [0.15, 0.2) is 0 Å². The minimum Gasteiger partial charge on any atom is -0.494 e. The monoisotopic (exact) mass is 279 g/mol. The number of aromatic nitrogens is 2. The molecular formula is C17H17N3O. The molecule has 21 heavy (non-hydrogen) atoms. The van der Waals surface area contributed by atoms with Crippen LogP contribution in [0.4, 0.5) is 11.5 Å². The van der Waals surface area contributed by atoms with Crippen molar-refractivity contribution < 1.29 is 4.74 Å². The number of ether oxygens (including phenoxy) is 1. The lowest BCUT2D eigenvalue weighted by molar-refractivity contribution is 0.340. The Bertz CT molecular complexity index is 757. The topological polar surface area (TPSA) is 47.0 Å². The lowest BCUT2D eigenvalue weighted by Crippen LogP contribution is -1.97. The van der Waals surface area contributed by atoms with Gasteiger partial charge < -0.3 is 10.1 Å². The summed E-state index contributed by atoms with van der Waals surface area (Å²) < 4.78 is 5.58. The summed E-state index contributed by atoms with van der Waals surface area (Å²) >= 11 is 0. The summed E-state index contributed by atoms with van der Waals surface area (Å²) in [5.41, 5.74) is 2.89. The zero-order chi connectivity index (χ0) is 14.7. The van der Waals surface area contributed by atoms with Gasteiger partial charge in [0.2, 0.25) is 0 Å². The van der Waals surface area contributed by atoms with Gasteiger partial charge in [-0.25, -0.2) is 4.98 Å². The van der Waals surface area contributed by atoms with E-state index in [0.717, 1.165) is 33.9 Å². The van der Waals surface area contributed by atoms with E-state index in [4.69, 9.17) is 4.74 Å². The Hall–Kier alpha value is -2.62. The van der Waals surface area contributed by atoms with Crippen molar-refractivity contribution in [1.29, 1.82) is 0 Å². The molecule has 0 radical (unpaired) electrons. The molecule has 2 heterocycles. The number of hydrogen-bond acceptors (Lipinski definition) is 4. The van der Waals surface area contributed by atoms with Gasteiger partial charge in [0.1, 0.15) is 11.6 Å². The van der Waals surface area contributed by atoms with Crippen LogP contribution in [0, 0.1) is 6.92 Å². The molecule has 0 atom stereocenters. The number of rotatable bonds is 4. The second-order valence-electron chi connectivity index (χ2n) is 4.76. The van der Waals surface area contributed by atoms with Crippen LogP contribution in [0.3, 0.4) is 0 Å². The fourth-order valence-corrected chi connectivity index (χ4v) is 2.27. The Balaban J connectivity index is 2.08. The predicted octanol–water partition coefficient (Wildman–Crippen LogP) is 4.08. The Labute approximate surface area is 123 Å². The molecule has 106 valence electrons. The zero-order valence-electron chi connectivity index (χ0n) is 12.1. The molecule has 0 saturated carbocycles. The van der Waals surface area contributed by atoms with Crippen LogP contribution in [-0.2, 0) is 0 Å². The molecule has 1 aromatic carbocycles. The predicted molar refractivity (Wildman–Crippen MR) is 85.2 cm³/mol. The van der Waals surface area contributed by atoms with E-state index in [9.17, 15) is 0 Å². The van der Waals surface area contributed by atoms with Crippen molar-refractivity contribution in [3.05, 3.63) is 54.4 Å². The van der Waals surface area contributed by atoms with Crippen LogP contribution in [0.1, 0.15) is 12.6 Å². The maximum Gasteiger partial charge on any atom is 0.130 e. The Morgan fingerprint density at radius 3 is 2.81 bits per heavy atom. The van der Waals surface area contributed by atoms with Gasteiger partial charge in [0, 0.05) is 17.3 Å². The van der Waals surface area contributed by atoms with Crippen LogP contribution >= 0.6 is 0 Å². The van der Waals surface area contributed by atoms with E-state index in [1.165, 1.54) is 0 Å². The van der Waals surface area contributed by atoms with Crippen LogP contribution in [0.2, 0.25) is 0 Å². The fraction of sp³-hybridized carbons (Fsp3) is 0.176. The molecule has 4 nitrogen and oxygen atoms in total. The van der Waals surface area contributed by atoms with Gasteiger partial charge in [-0.05, 0) is 50.2 Å². The smallest absolute Gasteiger partial charge is 0.130 e. The minimum atomic E-state index is 0.647. The van der Waals surface area contributed by atoms with Crippen molar-refractivity contribution in [2.75, 3.05) is 11.9 Å². The molecule has 0 fully saturated rings. The highest BCUT2D eigenvalue weighted by Gasteiger charge is 2.06. The van der Waals surface area contributed by atoms with Gasteiger partial charge in [-0.3, -0.25) is 4.98 Å². The molecule has 0 aliphatic carbocycles. The molecule has 0 aliphatic rings. The second-order valence-corrected chi connectivity index (χ2v) is 4.76. The molecule has 0 unspecified atom stereocenters. The van der Waals surface area contributed by atoms with E-state index in [0.29, 0.717) is 6.61 Å². The number of aryl methyl sites for hydroxylation is 1. The number of nitrogens with zero attached hydrogens (tertiary/aromatic N) is 2. The SMILES string of the molecule is CCOc1ccc2nc(C)cc(Nc3ccccn3)c2c1. The first-order valence-corrected chi connectivity index (χ1v) is 6.98. The molecule has 0 aliphatic heterocycles. The number of fused-ring (bicyclic) bond motifs is 1. The first kappa shape index (κ1) is 13.4. The van der Waals surface area contributed by atoms with Gasteiger partial charge in [0.05, 0.1) is 17.8 Å². The summed E-state index contributed by atoms with van der Waals surface area (Å²) in [7, 11) is 0. The lowest BCUT2D eigenvalue weighted by Gasteiger charge is -2.11. The van der Waals surface area contributed by atoms with Crippen LogP contribution < -0.4 is 10.1 Å². The molecular weight excluding hydrogens is 262 g/mol. The van der Waals surface area contributed by atoms with E-state index in [1.54, 1.807) is 6.20 Å². The highest BCUT2D eigenvalue weighted by atomic mass is 16.5. The summed E-state index contributed by atoms with van der Waals surface area (Å²) in [6.45, 7) is 4.61. The second kappa shape index (κ2) is 5.79. The number of hydrogen-bond donors (Lipinski definition) is 1. The maximum absolute atomic E-state index is 5.58. The zero-order valence-corrected chi connectivity index (χ0v) is 12.1. The summed E-state index contributed by atoms with van der Waals surface area (Å²) in [6.07, 6.45) is 1.77. The number of pyridine rings is 2. The molecule has 0 spiro atoms. The highest BCUT2D eigenvalue weighted by molar-refractivity contribution is 5.93. The van der Waals surface area contributed by atoms with Crippen LogP contribution in [-0.4, -0.2) is 16.6 Å². The van der Waals surface area contributed by atoms with Crippen molar-refractivity contribution in [2.45, 2.75) is 13.8 Å². The van der Waals surface area contributed by atoms with Crippen molar-refractivity contribution in [3.8, 4) is 5.75 Å². The normalized spacial score (nSPS) is 10.6. The van der Waals surface area contributed by atoms with E-state index < -0.39 is 0 Å². The van der Waals surface area contributed by atoms with Crippen molar-refractivity contribution >= 4 is 22.4 Å². The molecule has 0 bridgehead atoms. The van der Waals surface area contributed by atoms with Crippen molar-refractivity contribution in [3.63, 3.8) is 0 Å². The van der Waals surface area contributed by atoms with E-state index in [-0.39, 0.29) is 0 Å². The number of anilines is 2. The minimum absolute atomic E-state index is 0.647. The average molecular weight is 279 g/mol. The summed E-state index contributed by atoms with van der Waals surface area (Å²) in [6, 6.07) is 13.8. The maximum atomic E-state index is 5.58. The third kappa shape index (κ3) is 2.94. The molecule has 3 rings (SSSR count). The number of nitrogens with one attached hydrogen (secondary N) is 1. The fourth-order valence-electron chi connectivity index (χ4n) is 2.27. The Kier molecular flexibility index (Phi) is 3.69. The quantitative estimate of drug-likeness (QED) is 0.781. The third-order valence-electron chi connectivity index (χ3n) is 3.15. The van der Waals surface area contributed by atoms with E-state index in [1.807, 2.05) is 56.3 Å². The van der Waals surface area contributed by atoms with Gasteiger partial charge >= 0.3 is 0 Å².